The molecule has 0 spiro atoms. The van der Waals surface area contributed by atoms with Crippen LogP contribution in [0.25, 0.3) is 11.1 Å². The molecule has 4 rings (SSSR count). The van der Waals surface area contributed by atoms with Crippen molar-refractivity contribution in [3.8, 4) is 0 Å². The lowest BCUT2D eigenvalue weighted by Crippen LogP contribution is -2.12. The molecule has 2 heterocycles. The van der Waals surface area contributed by atoms with E-state index in [0.29, 0.717) is 29.3 Å². The highest BCUT2D eigenvalue weighted by atomic mass is 35.5. The highest BCUT2D eigenvalue weighted by molar-refractivity contribution is 6.30. The van der Waals surface area contributed by atoms with E-state index in [1.807, 2.05) is 45.0 Å². The van der Waals surface area contributed by atoms with Crippen LogP contribution in [-0.2, 0) is 13.0 Å². The van der Waals surface area contributed by atoms with Crippen molar-refractivity contribution < 1.29 is 4.42 Å². The first-order chi connectivity index (χ1) is 13.4. The molecule has 0 bridgehead atoms. The molecular formula is C23H21ClN2O2. The second-order valence-electron chi connectivity index (χ2n) is 7.21. The summed E-state index contributed by atoms with van der Waals surface area (Å²) in [4.78, 5) is 12.8. The Morgan fingerprint density at radius 1 is 0.964 bits per heavy atom. The van der Waals surface area contributed by atoms with E-state index in [4.69, 9.17) is 16.0 Å². The molecule has 0 saturated heterocycles. The molecule has 4 aromatic rings. The molecule has 5 heteroatoms. The lowest BCUT2D eigenvalue weighted by Gasteiger charge is -2.08. The fourth-order valence-electron chi connectivity index (χ4n) is 3.53. The Kier molecular flexibility index (Phi) is 4.82. The highest BCUT2D eigenvalue weighted by Crippen LogP contribution is 2.25. The van der Waals surface area contributed by atoms with E-state index >= 15 is 0 Å². The molecule has 0 N–H and O–H groups in total. The van der Waals surface area contributed by atoms with Crippen molar-refractivity contribution in [1.82, 2.24) is 9.78 Å². The topological polar surface area (TPSA) is 48.0 Å². The molecule has 0 saturated carbocycles. The summed E-state index contributed by atoms with van der Waals surface area (Å²) in [6, 6.07) is 15.8. The molecule has 4 nitrogen and oxygen atoms in total. The van der Waals surface area contributed by atoms with Gasteiger partial charge in [-0.15, -0.1) is 0 Å². The van der Waals surface area contributed by atoms with Crippen molar-refractivity contribution in [3.63, 3.8) is 0 Å². The van der Waals surface area contributed by atoms with Gasteiger partial charge in [-0.1, -0.05) is 53.6 Å². The van der Waals surface area contributed by atoms with Crippen LogP contribution in [0.2, 0.25) is 5.02 Å². The maximum Gasteiger partial charge on any atom is 0.341 e. The van der Waals surface area contributed by atoms with Crippen LogP contribution in [0, 0.1) is 20.8 Å². The van der Waals surface area contributed by atoms with Crippen molar-refractivity contribution in [3.05, 3.63) is 97.5 Å². The van der Waals surface area contributed by atoms with Crippen molar-refractivity contribution in [1.29, 1.82) is 0 Å². The molecule has 2 aromatic carbocycles. The molecule has 142 valence electrons. The zero-order valence-electron chi connectivity index (χ0n) is 16.1. The number of benzene rings is 2. The van der Waals surface area contributed by atoms with Gasteiger partial charge in [-0.05, 0) is 49.6 Å². The van der Waals surface area contributed by atoms with Gasteiger partial charge in [0.25, 0.3) is 0 Å². The van der Waals surface area contributed by atoms with E-state index in [-0.39, 0.29) is 5.63 Å². The Hall–Kier alpha value is -2.85. The first-order valence-corrected chi connectivity index (χ1v) is 9.60. The van der Waals surface area contributed by atoms with E-state index < -0.39 is 0 Å². The normalized spacial score (nSPS) is 11.3. The Morgan fingerprint density at radius 3 is 2.29 bits per heavy atom. The molecule has 28 heavy (non-hydrogen) atoms. The molecule has 0 fully saturated rings. The Labute approximate surface area is 168 Å². The fraction of sp³-hybridized carbons (Fsp3) is 0.217. The number of hydrogen-bond donors (Lipinski definition) is 0. The monoisotopic (exact) mass is 392 g/mol. The zero-order chi connectivity index (χ0) is 19.8. The minimum Gasteiger partial charge on any atom is -0.404 e. The van der Waals surface area contributed by atoms with Crippen LogP contribution < -0.4 is 5.63 Å². The Bertz CT molecular complexity index is 1200. The molecule has 2 aromatic heterocycles. The summed E-state index contributed by atoms with van der Waals surface area (Å²) >= 11 is 5.97. The predicted molar refractivity (Wildman–Crippen MR) is 112 cm³/mol. The number of aryl methyl sites for hydroxylation is 3. The third kappa shape index (κ3) is 3.48. The van der Waals surface area contributed by atoms with Crippen LogP contribution in [0.3, 0.4) is 0 Å². The second-order valence-corrected chi connectivity index (χ2v) is 7.64. The number of fused-ring (bicyclic) bond motifs is 1. The van der Waals surface area contributed by atoms with E-state index in [9.17, 15) is 4.79 Å². The summed E-state index contributed by atoms with van der Waals surface area (Å²) in [6.45, 7) is 6.49. The van der Waals surface area contributed by atoms with Crippen LogP contribution in [-0.4, -0.2) is 9.78 Å². The van der Waals surface area contributed by atoms with Gasteiger partial charge in [0.1, 0.15) is 0 Å². The van der Waals surface area contributed by atoms with Crippen LogP contribution in [0.1, 0.15) is 33.5 Å². The number of aromatic nitrogens is 2. The average molecular weight is 393 g/mol. The van der Waals surface area contributed by atoms with Gasteiger partial charge >= 0.3 is 5.63 Å². The van der Waals surface area contributed by atoms with Gasteiger partial charge in [-0.3, -0.25) is 0 Å². The van der Waals surface area contributed by atoms with Gasteiger partial charge in [-0.2, -0.15) is 5.10 Å². The molecule has 0 amide bonds. The number of rotatable bonds is 4. The smallest absolute Gasteiger partial charge is 0.341 e. The summed E-state index contributed by atoms with van der Waals surface area (Å²) in [5.74, 6) is 0. The summed E-state index contributed by atoms with van der Waals surface area (Å²) in [7, 11) is 0. The van der Waals surface area contributed by atoms with Gasteiger partial charge < -0.3 is 4.42 Å². The molecule has 0 aliphatic carbocycles. The number of nitrogens with zero attached hydrogens (tertiary/aromatic N) is 2. The molecule has 0 aliphatic rings. The highest BCUT2D eigenvalue weighted by Gasteiger charge is 2.18. The maximum absolute atomic E-state index is 12.8. The van der Waals surface area contributed by atoms with Crippen LogP contribution in [0.4, 0.5) is 0 Å². The van der Waals surface area contributed by atoms with E-state index in [0.717, 1.165) is 27.8 Å². The van der Waals surface area contributed by atoms with Gasteiger partial charge in [0.15, 0.2) is 0 Å². The maximum atomic E-state index is 12.8. The first-order valence-electron chi connectivity index (χ1n) is 9.22. The summed E-state index contributed by atoms with van der Waals surface area (Å²) in [6.07, 6.45) is 0.548. The van der Waals surface area contributed by atoms with Gasteiger partial charge in [0.2, 0.25) is 5.71 Å². The molecule has 0 atom stereocenters. The van der Waals surface area contributed by atoms with Crippen molar-refractivity contribution in [2.24, 2.45) is 0 Å². The minimum absolute atomic E-state index is 0.303. The lowest BCUT2D eigenvalue weighted by molar-refractivity contribution is 0.506. The quantitative estimate of drug-likeness (QED) is 0.479. The fourth-order valence-corrected chi connectivity index (χ4v) is 3.66. The lowest BCUT2D eigenvalue weighted by atomic mass is 10.00. The van der Waals surface area contributed by atoms with Gasteiger partial charge in [0.05, 0.1) is 17.6 Å². The van der Waals surface area contributed by atoms with Gasteiger partial charge in [0, 0.05) is 17.0 Å². The molecule has 0 unspecified atom stereocenters. The number of hydrogen-bond acceptors (Lipinski definition) is 3. The summed E-state index contributed by atoms with van der Waals surface area (Å²) in [5.41, 5.74) is 6.02. The van der Waals surface area contributed by atoms with E-state index in [2.05, 4.69) is 29.4 Å². The van der Waals surface area contributed by atoms with Crippen molar-refractivity contribution >= 4 is 22.7 Å². The largest absolute Gasteiger partial charge is 0.404 e. The van der Waals surface area contributed by atoms with E-state index in [1.54, 1.807) is 4.68 Å². The molecule has 0 aliphatic heterocycles. The standard InChI is InChI=1S/C23H21ClN2O2/c1-14-4-6-17(7-5-14)12-20-15(2)21-16(3)25-26(22(21)28-23(20)27)13-18-8-10-19(24)11-9-18/h4-11H,12-13H2,1-3H3. The zero-order valence-corrected chi connectivity index (χ0v) is 16.9. The van der Waals surface area contributed by atoms with Crippen LogP contribution in [0.15, 0.2) is 57.7 Å². The van der Waals surface area contributed by atoms with E-state index in [1.165, 1.54) is 5.56 Å². The second kappa shape index (κ2) is 7.28. The molecule has 0 radical (unpaired) electrons. The third-order valence-electron chi connectivity index (χ3n) is 5.09. The van der Waals surface area contributed by atoms with Crippen LogP contribution >= 0.6 is 11.6 Å². The van der Waals surface area contributed by atoms with Crippen LogP contribution in [0.5, 0.6) is 0 Å². The number of halogens is 1. The summed E-state index contributed by atoms with van der Waals surface area (Å²) in [5, 5.41) is 6.22. The summed E-state index contributed by atoms with van der Waals surface area (Å²) < 4.78 is 7.48. The van der Waals surface area contributed by atoms with Crippen molar-refractivity contribution in [2.45, 2.75) is 33.7 Å². The Morgan fingerprint density at radius 2 is 1.61 bits per heavy atom. The molecular weight excluding hydrogens is 372 g/mol. The third-order valence-corrected chi connectivity index (χ3v) is 5.34. The average Bonchev–Trinajstić information content (AvgIpc) is 2.97. The van der Waals surface area contributed by atoms with Crippen molar-refractivity contribution in [2.75, 3.05) is 0 Å². The first kappa shape index (κ1) is 18.5. The van der Waals surface area contributed by atoms with Gasteiger partial charge in [-0.25, -0.2) is 9.48 Å². The predicted octanol–water partition coefficient (Wildman–Crippen LogP) is 5.21. The Balaban J connectivity index is 1.77. The SMILES string of the molecule is Cc1ccc(Cc2c(C)c3c(C)nn(Cc4ccc(Cl)cc4)c3oc2=O)cc1. The minimum atomic E-state index is -0.303.